The maximum Gasteiger partial charge on any atom is 0.0750 e. The van der Waals surface area contributed by atoms with Gasteiger partial charge < -0.3 is 5.32 Å². The highest BCUT2D eigenvalue weighted by Crippen LogP contribution is 2.63. The molecule has 0 amide bonds. The van der Waals surface area contributed by atoms with Crippen LogP contribution in [0.2, 0.25) is 0 Å². The monoisotopic (exact) mass is 639 g/mol. The van der Waals surface area contributed by atoms with Crippen LogP contribution in [0.1, 0.15) is 51.8 Å². The SMILES string of the molecule is Cc1cccc(-c2c(C3=CC4=C(CC3)c3ccccc3C43c4ccccc4Nc4c(-c5ccccc5C)cccc43)ccc3ccccc23)c1. The van der Waals surface area contributed by atoms with Crippen LogP contribution in [0.25, 0.3) is 44.2 Å². The standard InChI is InChI=1S/C49H37N/c1-31-13-11-16-35(29-31)47-37-18-6-4-15-33(37)25-27-38(47)34-26-28-40-39-19-7-8-21-42(39)49(45(40)30-34)43-22-9-10-24-46(43)50-48-41(20-12-23-44(48)49)36-17-5-3-14-32(36)2/h3-25,27,29-30,50H,26,28H2,1-2H3. The molecule has 1 heteroatoms. The van der Waals surface area contributed by atoms with Crippen molar-refractivity contribution in [2.75, 3.05) is 5.32 Å². The molecule has 2 aliphatic carbocycles. The van der Waals surface area contributed by atoms with Gasteiger partial charge in [0, 0.05) is 11.3 Å². The molecule has 7 aromatic carbocycles. The Hall–Kier alpha value is -5.92. The number of nitrogens with one attached hydrogen (secondary N) is 1. The van der Waals surface area contributed by atoms with Crippen molar-refractivity contribution in [1.82, 2.24) is 0 Å². The molecule has 1 unspecified atom stereocenters. The van der Waals surface area contributed by atoms with Crippen LogP contribution >= 0.6 is 0 Å². The smallest absolute Gasteiger partial charge is 0.0750 e. The van der Waals surface area contributed by atoms with Gasteiger partial charge in [-0.25, -0.2) is 0 Å². The summed E-state index contributed by atoms with van der Waals surface area (Å²) in [6.07, 6.45) is 4.59. The number of aryl methyl sites for hydroxylation is 2. The van der Waals surface area contributed by atoms with E-state index in [2.05, 4.69) is 177 Å². The molecular weight excluding hydrogens is 603 g/mol. The van der Waals surface area contributed by atoms with Crippen LogP contribution < -0.4 is 5.32 Å². The summed E-state index contributed by atoms with van der Waals surface area (Å²) in [6, 6.07) is 56.5. The van der Waals surface area contributed by atoms with Crippen molar-refractivity contribution in [2.45, 2.75) is 32.1 Å². The highest BCUT2D eigenvalue weighted by molar-refractivity contribution is 6.05. The van der Waals surface area contributed by atoms with Gasteiger partial charge >= 0.3 is 0 Å². The van der Waals surface area contributed by atoms with E-state index in [9.17, 15) is 0 Å². The molecule has 0 saturated heterocycles. The normalized spacial score (nSPS) is 17.1. The van der Waals surface area contributed by atoms with Gasteiger partial charge in [0.25, 0.3) is 0 Å². The zero-order chi connectivity index (χ0) is 33.4. The summed E-state index contributed by atoms with van der Waals surface area (Å²) < 4.78 is 0. The second-order valence-electron chi connectivity index (χ2n) is 14.1. The fourth-order valence-corrected chi connectivity index (χ4v) is 9.30. The van der Waals surface area contributed by atoms with Gasteiger partial charge in [-0.3, -0.25) is 0 Å². The van der Waals surface area contributed by atoms with Crippen molar-refractivity contribution in [2.24, 2.45) is 0 Å². The molecule has 1 aliphatic heterocycles. The summed E-state index contributed by atoms with van der Waals surface area (Å²) in [4.78, 5) is 0. The van der Waals surface area contributed by atoms with Gasteiger partial charge in [0.15, 0.2) is 0 Å². The number of fused-ring (bicyclic) bond motifs is 9. The molecule has 1 atom stereocenters. The molecule has 50 heavy (non-hydrogen) atoms. The first kappa shape index (κ1) is 29.0. The molecule has 7 aromatic rings. The minimum Gasteiger partial charge on any atom is -0.354 e. The molecule has 238 valence electrons. The second kappa shape index (κ2) is 11.1. The predicted molar refractivity (Wildman–Crippen MR) is 211 cm³/mol. The molecule has 1 heterocycles. The Bertz CT molecular complexity index is 2600. The fourth-order valence-electron chi connectivity index (χ4n) is 9.30. The topological polar surface area (TPSA) is 12.0 Å². The van der Waals surface area contributed by atoms with E-state index in [0.29, 0.717) is 0 Å². The minimum absolute atomic E-state index is 0.451. The van der Waals surface area contributed by atoms with Crippen LogP contribution in [-0.2, 0) is 5.41 Å². The predicted octanol–water partition coefficient (Wildman–Crippen LogP) is 12.8. The summed E-state index contributed by atoms with van der Waals surface area (Å²) in [5, 5.41) is 6.55. The maximum atomic E-state index is 3.97. The number of anilines is 2. The Morgan fingerprint density at radius 3 is 2.14 bits per heavy atom. The number of benzene rings is 7. The molecule has 0 radical (unpaired) electrons. The first-order valence-electron chi connectivity index (χ1n) is 17.8. The first-order chi connectivity index (χ1) is 24.6. The lowest BCUT2D eigenvalue weighted by atomic mass is 9.63. The van der Waals surface area contributed by atoms with Crippen LogP contribution in [0.5, 0.6) is 0 Å². The average molecular weight is 640 g/mol. The van der Waals surface area contributed by atoms with Gasteiger partial charge in [0.2, 0.25) is 0 Å². The van der Waals surface area contributed by atoms with Gasteiger partial charge in [0.1, 0.15) is 0 Å². The summed E-state index contributed by atoms with van der Waals surface area (Å²) >= 11 is 0. The van der Waals surface area contributed by atoms with Crippen molar-refractivity contribution in [1.29, 1.82) is 0 Å². The van der Waals surface area contributed by atoms with E-state index in [1.165, 1.54) is 100 Å². The van der Waals surface area contributed by atoms with Crippen molar-refractivity contribution in [3.8, 4) is 22.3 Å². The van der Waals surface area contributed by atoms with E-state index in [0.717, 1.165) is 12.8 Å². The molecule has 3 aliphatic rings. The van der Waals surface area contributed by atoms with Crippen LogP contribution in [0, 0.1) is 13.8 Å². The molecule has 0 saturated carbocycles. The van der Waals surface area contributed by atoms with Crippen molar-refractivity contribution < 1.29 is 0 Å². The van der Waals surface area contributed by atoms with Crippen LogP contribution in [0.15, 0.2) is 163 Å². The molecule has 1 N–H and O–H groups in total. The Labute approximate surface area is 294 Å². The summed E-state index contributed by atoms with van der Waals surface area (Å²) in [7, 11) is 0. The molecule has 0 bridgehead atoms. The quantitative estimate of drug-likeness (QED) is 0.203. The highest BCUT2D eigenvalue weighted by atomic mass is 14.9. The zero-order valence-corrected chi connectivity index (χ0v) is 28.4. The Morgan fingerprint density at radius 1 is 0.540 bits per heavy atom. The molecule has 0 fully saturated rings. The molecule has 1 spiro atoms. The van der Waals surface area contributed by atoms with E-state index in [4.69, 9.17) is 0 Å². The van der Waals surface area contributed by atoms with Crippen LogP contribution in [-0.4, -0.2) is 0 Å². The Morgan fingerprint density at radius 2 is 1.26 bits per heavy atom. The lowest BCUT2D eigenvalue weighted by molar-refractivity contribution is 0.753. The number of hydrogen-bond acceptors (Lipinski definition) is 1. The number of allylic oxidation sites excluding steroid dienone is 4. The zero-order valence-electron chi connectivity index (χ0n) is 28.4. The van der Waals surface area contributed by atoms with E-state index in [-0.39, 0.29) is 0 Å². The van der Waals surface area contributed by atoms with E-state index in [1.54, 1.807) is 0 Å². The molecule has 10 rings (SSSR count). The van der Waals surface area contributed by atoms with E-state index >= 15 is 0 Å². The van der Waals surface area contributed by atoms with Gasteiger partial charge in [0.05, 0.1) is 11.1 Å². The fraction of sp³-hybridized carbons (Fsp3) is 0.102. The first-order valence-corrected chi connectivity index (χ1v) is 17.8. The second-order valence-corrected chi connectivity index (χ2v) is 14.1. The maximum absolute atomic E-state index is 3.97. The lowest BCUT2D eigenvalue weighted by Crippen LogP contribution is -2.34. The van der Waals surface area contributed by atoms with Gasteiger partial charge in [-0.2, -0.15) is 0 Å². The number of hydrogen-bond donors (Lipinski definition) is 1. The van der Waals surface area contributed by atoms with E-state index < -0.39 is 5.41 Å². The Balaban J connectivity index is 1.28. The largest absolute Gasteiger partial charge is 0.354 e. The van der Waals surface area contributed by atoms with Crippen molar-refractivity contribution in [3.63, 3.8) is 0 Å². The van der Waals surface area contributed by atoms with Crippen molar-refractivity contribution in [3.05, 3.63) is 202 Å². The van der Waals surface area contributed by atoms with Gasteiger partial charge in [-0.1, -0.05) is 157 Å². The third-order valence-corrected chi connectivity index (χ3v) is 11.4. The van der Waals surface area contributed by atoms with Crippen LogP contribution in [0.3, 0.4) is 0 Å². The summed E-state index contributed by atoms with van der Waals surface area (Å²) in [6.45, 7) is 4.42. The highest BCUT2D eigenvalue weighted by Gasteiger charge is 2.51. The third-order valence-electron chi connectivity index (χ3n) is 11.4. The summed E-state index contributed by atoms with van der Waals surface area (Å²) in [5.41, 5.74) is 20.7. The molecule has 0 aromatic heterocycles. The van der Waals surface area contributed by atoms with Gasteiger partial charge in [-0.15, -0.1) is 0 Å². The third kappa shape index (κ3) is 4.07. The lowest BCUT2D eigenvalue weighted by Gasteiger charge is -2.42. The van der Waals surface area contributed by atoms with Crippen molar-refractivity contribution >= 4 is 33.3 Å². The van der Waals surface area contributed by atoms with Gasteiger partial charge in [-0.05, 0) is 110 Å². The van der Waals surface area contributed by atoms with Crippen LogP contribution in [0.4, 0.5) is 11.4 Å². The Kier molecular flexibility index (Phi) is 6.42. The molecule has 1 nitrogen and oxygen atoms in total. The van der Waals surface area contributed by atoms with E-state index in [1.807, 2.05) is 0 Å². The summed E-state index contributed by atoms with van der Waals surface area (Å²) in [5.74, 6) is 0. The average Bonchev–Trinajstić information content (AvgIpc) is 3.44. The number of rotatable bonds is 3. The molecular formula is C49H37N. The number of para-hydroxylation sites is 2. The minimum atomic E-state index is -0.451.